The summed E-state index contributed by atoms with van der Waals surface area (Å²) < 4.78 is 0. The summed E-state index contributed by atoms with van der Waals surface area (Å²) in [6, 6.07) is 4.49. The Bertz CT molecular complexity index is 645. The summed E-state index contributed by atoms with van der Waals surface area (Å²) in [6.07, 6.45) is 2.20. The van der Waals surface area contributed by atoms with Crippen molar-refractivity contribution in [1.82, 2.24) is 10.3 Å². The number of fused-ring (bicyclic) bond motifs is 1. The average Bonchev–Trinajstić information content (AvgIpc) is 2.40. The molecule has 0 saturated carbocycles. The van der Waals surface area contributed by atoms with Gasteiger partial charge in [-0.1, -0.05) is 11.6 Å². The fraction of sp³-hybridized carbons (Fsp3) is 0.500. The van der Waals surface area contributed by atoms with E-state index in [1.54, 1.807) is 0 Å². The molecule has 3 heteroatoms. The van der Waals surface area contributed by atoms with Crippen LogP contribution in [0.3, 0.4) is 0 Å². The summed E-state index contributed by atoms with van der Waals surface area (Å²) in [5, 5.41) is 4.51. The third-order valence-corrected chi connectivity index (χ3v) is 4.00. The molecule has 0 amide bonds. The van der Waals surface area contributed by atoms with E-state index in [1.165, 1.54) is 27.8 Å². The molecule has 0 unspecified atom stereocenters. The maximum atomic E-state index is 4.89. The Balaban J connectivity index is 2.67. The molecule has 1 aromatic carbocycles. The van der Waals surface area contributed by atoms with Crippen molar-refractivity contribution in [2.45, 2.75) is 33.6 Å². The largest absolute Gasteiger partial charge is 0.377 e. The van der Waals surface area contributed by atoms with Crippen LogP contribution in [0.5, 0.6) is 0 Å². The van der Waals surface area contributed by atoms with Crippen molar-refractivity contribution in [1.29, 1.82) is 0 Å². The number of aryl methyl sites for hydroxylation is 3. The van der Waals surface area contributed by atoms with Crippen LogP contribution in [0.1, 0.15) is 28.8 Å². The van der Waals surface area contributed by atoms with Gasteiger partial charge < -0.3 is 10.2 Å². The molecule has 0 aliphatic heterocycles. The Labute approximate surface area is 128 Å². The summed E-state index contributed by atoms with van der Waals surface area (Å²) in [5.74, 6) is 0. The van der Waals surface area contributed by atoms with Crippen molar-refractivity contribution in [2.24, 2.45) is 0 Å². The van der Waals surface area contributed by atoms with E-state index in [-0.39, 0.29) is 0 Å². The summed E-state index contributed by atoms with van der Waals surface area (Å²) in [5.41, 5.74) is 7.58. The zero-order chi connectivity index (χ0) is 15.6. The first kappa shape index (κ1) is 15.8. The molecule has 0 fully saturated rings. The van der Waals surface area contributed by atoms with E-state index in [4.69, 9.17) is 4.98 Å². The molecule has 114 valence electrons. The molecule has 1 aromatic heterocycles. The fourth-order valence-corrected chi connectivity index (χ4v) is 3.11. The van der Waals surface area contributed by atoms with Crippen molar-refractivity contribution in [3.63, 3.8) is 0 Å². The Kier molecular flexibility index (Phi) is 4.84. The van der Waals surface area contributed by atoms with E-state index < -0.39 is 0 Å². The zero-order valence-electron chi connectivity index (χ0n) is 14.2. The van der Waals surface area contributed by atoms with Crippen LogP contribution < -0.4 is 10.2 Å². The van der Waals surface area contributed by atoms with Crippen LogP contribution in [0.25, 0.3) is 10.9 Å². The molecule has 1 N–H and O–H groups in total. The molecular weight excluding hydrogens is 258 g/mol. The van der Waals surface area contributed by atoms with Crippen LogP contribution in [-0.4, -0.2) is 32.7 Å². The molecule has 0 radical (unpaired) electrons. The number of rotatable bonds is 5. The number of nitrogens with one attached hydrogen (secondary N) is 1. The highest BCUT2D eigenvalue weighted by atomic mass is 15.1. The number of hydrogen-bond donors (Lipinski definition) is 1. The molecule has 2 aromatic rings. The lowest BCUT2D eigenvalue weighted by molar-refractivity contribution is 0.721. The number of benzene rings is 1. The summed E-state index contributed by atoms with van der Waals surface area (Å²) in [7, 11) is 6.27. The van der Waals surface area contributed by atoms with Gasteiger partial charge in [0, 0.05) is 25.2 Å². The minimum atomic E-state index is 1.04. The van der Waals surface area contributed by atoms with Gasteiger partial charge in [-0.05, 0) is 64.4 Å². The molecule has 2 rings (SSSR count). The van der Waals surface area contributed by atoms with Crippen molar-refractivity contribution in [2.75, 3.05) is 32.6 Å². The first-order valence-electron chi connectivity index (χ1n) is 7.68. The number of anilines is 1. The first-order chi connectivity index (χ1) is 9.95. The standard InChI is InChI=1S/C18H27N3/c1-12-10-13(2)17-16(11-12)18(21(5)6)15(14(3)20-17)8-7-9-19-4/h10-11,19H,7-9H2,1-6H3. The van der Waals surface area contributed by atoms with Crippen molar-refractivity contribution < 1.29 is 0 Å². The molecular formula is C18H27N3. The minimum absolute atomic E-state index is 1.04. The van der Waals surface area contributed by atoms with E-state index >= 15 is 0 Å². The Morgan fingerprint density at radius 1 is 1.14 bits per heavy atom. The van der Waals surface area contributed by atoms with Crippen LogP contribution in [0, 0.1) is 20.8 Å². The number of pyridine rings is 1. The van der Waals surface area contributed by atoms with Crippen LogP contribution >= 0.6 is 0 Å². The average molecular weight is 285 g/mol. The van der Waals surface area contributed by atoms with Crippen LogP contribution in [0.2, 0.25) is 0 Å². The monoisotopic (exact) mass is 285 g/mol. The molecule has 0 spiro atoms. The van der Waals surface area contributed by atoms with Gasteiger partial charge in [0.25, 0.3) is 0 Å². The topological polar surface area (TPSA) is 28.2 Å². The lowest BCUT2D eigenvalue weighted by atomic mass is 9.98. The normalized spacial score (nSPS) is 11.1. The van der Waals surface area contributed by atoms with Gasteiger partial charge in [-0.3, -0.25) is 4.98 Å². The molecule has 3 nitrogen and oxygen atoms in total. The molecule has 0 atom stereocenters. The highest BCUT2D eigenvalue weighted by Gasteiger charge is 2.15. The molecule has 0 bridgehead atoms. The van der Waals surface area contributed by atoms with E-state index in [0.29, 0.717) is 0 Å². The minimum Gasteiger partial charge on any atom is -0.377 e. The maximum Gasteiger partial charge on any atom is 0.0755 e. The molecule has 1 heterocycles. The lowest BCUT2D eigenvalue weighted by Gasteiger charge is -2.23. The first-order valence-corrected chi connectivity index (χ1v) is 7.68. The van der Waals surface area contributed by atoms with E-state index in [1.807, 2.05) is 7.05 Å². The van der Waals surface area contributed by atoms with E-state index in [9.17, 15) is 0 Å². The van der Waals surface area contributed by atoms with E-state index in [2.05, 4.69) is 57.2 Å². The highest BCUT2D eigenvalue weighted by molar-refractivity contribution is 5.96. The van der Waals surface area contributed by atoms with Crippen molar-refractivity contribution in [3.05, 3.63) is 34.5 Å². The van der Waals surface area contributed by atoms with Gasteiger partial charge in [-0.15, -0.1) is 0 Å². The molecule has 0 aliphatic rings. The lowest BCUT2D eigenvalue weighted by Crippen LogP contribution is -2.16. The predicted octanol–water partition coefficient (Wildman–Crippen LogP) is 3.38. The third-order valence-electron chi connectivity index (χ3n) is 4.00. The van der Waals surface area contributed by atoms with Crippen LogP contribution in [0.4, 0.5) is 5.69 Å². The van der Waals surface area contributed by atoms with Gasteiger partial charge in [0.15, 0.2) is 0 Å². The number of nitrogens with zero attached hydrogens (tertiary/aromatic N) is 2. The fourth-order valence-electron chi connectivity index (χ4n) is 3.11. The third kappa shape index (κ3) is 3.18. The van der Waals surface area contributed by atoms with Gasteiger partial charge in [0.05, 0.1) is 11.2 Å². The molecule has 0 saturated heterocycles. The molecule has 0 aliphatic carbocycles. The smallest absolute Gasteiger partial charge is 0.0755 e. The predicted molar refractivity (Wildman–Crippen MR) is 92.5 cm³/mol. The van der Waals surface area contributed by atoms with Crippen LogP contribution in [0.15, 0.2) is 12.1 Å². The van der Waals surface area contributed by atoms with E-state index in [0.717, 1.165) is 30.6 Å². The van der Waals surface area contributed by atoms with Crippen molar-refractivity contribution in [3.8, 4) is 0 Å². The Hall–Kier alpha value is -1.61. The van der Waals surface area contributed by atoms with Gasteiger partial charge in [0.2, 0.25) is 0 Å². The Morgan fingerprint density at radius 3 is 2.48 bits per heavy atom. The van der Waals surface area contributed by atoms with Gasteiger partial charge >= 0.3 is 0 Å². The second-order valence-corrected chi connectivity index (χ2v) is 6.10. The number of aromatic nitrogens is 1. The summed E-state index contributed by atoms with van der Waals surface area (Å²) in [4.78, 5) is 7.13. The quantitative estimate of drug-likeness (QED) is 0.854. The van der Waals surface area contributed by atoms with Gasteiger partial charge in [0.1, 0.15) is 0 Å². The SMILES string of the molecule is CNCCCc1c(C)nc2c(C)cc(C)cc2c1N(C)C. The second-order valence-electron chi connectivity index (χ2n) is 6.10. The maximum absolute atomic E-state index is 4.89. The Morgan fingerprint density at radius 2 is 1.86 bits per heavy atom. The summed E-state index contributed by atoms with van der Waals surface area (Å²) in [6.45, 7) is 7.49. The second kappa shape index (κ2) is 6.44. The zero-order valence-corrected chi connectivity index (χ0v) is 14.2. The van der Waals surface area contributed by atoms with Gasteiger partial charge in [-0.2, -0.15) is 0 Å². The number of hydrogen-bond acceptors (Lipinski definition) is 3. The summed E-state index contributed by atoms with van der Waals surface area (Å²) >= 11 is 0. The molecule has 21 heavy (non-hydrogen) atoms. The highest BCUT2D eigenvalue weighted by Crippen LogP contribution is 2.33. The van der Waals surface area contributed by atoms with Gasteiger partial charge in [-0.25, -0.2) is 0 Å². The van der Waals surface area contributed by atoms with Crippen molar-refractivity contribution >= 4 is 16.6 Å². The van der Waals surface area contributed by atoms with Crippen LogP contribution in [-0.2, 0) is 6.42 Å².